The second-order valence-electron chi connectivity index (χ2n) is 7.75. The van der Waals surface area contributed by atoms with E-state index >= 15 is 0 Å². The van der Waals surface area contributed by atoms with Crippen molar-refractivity contribution in [2.75, 3.05) is 31.5 Å². The Hall–Kier alpha value is -3.91. The van der Waals surface area contributed by atoms with Crippen molar-refractivity contribution < 1.29 is 23.8 Å². The van der Waals surface area contributed by atoms with Crippen LogP contribution in [0.15, 0.2) is 71.6 Å². The van der Waals surface area contributed by atoms with Crippen LogP contribution in [-0.4, -0.2) is 33.1 Å². The van der Waals surface area contributed by atoms with Crippen LogP contribution in [0.2, 0.25) is 0 Å². The molecule has 1 N–H and O–H groups in total. The summed E-state index contributed by atoms with van der Waals surface area (Å²) in [6.45, 7) is 1.45. The highest BCUT2D eigenvalue weighted by atomic mass is 32.2. The molecule has 0 bridgehead atoms. The molecular weight excluding hydrogens is 464 g/mol. The molecule has 1 aliphatic heterocycles. The zero-order valence-electron chi connectivity index (χ0n) is 19.9. The van der Waals surface area contributed by atoms with Crippen molar-refractivity contribution in [3.8, 4) is 17.2 Å². The van der Waals surface area contributed by atoms with Gasteiger partial charge in [-0.25, -0.2) is 0 Å². The van der Waals surface area contributed by atoms with E-state index in [0.29, 0.717) is 33.5 Å². The average Bonchev–Trinajstić information content (AvgIpc) is 3.19. The molecule has 3 aromatic rings. The molecular formula is C27H26N2O5S. The van der Waals surface area contributed by atoms with Gasteiger partial charge < -0.3 is 19.5 Å². The first-order chi connectivity index (χ1) is 16.9. The topological polar surface area (TPSA) is 77.1 Å². The predicted molar refractivity (Wildman–Crippen MR) is 139 cm³/mol. The van der Waals surface area contributed by atoms with Gasteiger partial charge in [-0.2, -0.15) is 0 Å². The Morgan fingerprint density at radius 1 is 0.943 bits per heavy atom. The Balaban J connectivity index is 1.80. The normalized spacial score (nSPS) is 16.3. The second kappa shape index (κ2) is 10.6. The number of thioether (sulfide) groups is 1. The fraction of sp³-hybridized carbons (Fsp3) is 0.185. The third-order valence-corrected chi connectivity index (χ3v) is 6.69. The maximum atomic E-state index is 13.7. The molecule has 8 heteroatoms. The van der Waals surface area contributed by atoms with Crippen molar-refractivity contribution in [2.24, 2.45) is 0 Å². The minimum absolute atomic E-state index is 0.120. The summed E-state index contributed by atoms with van der Waals surface area (Å²) in [6, 6.07) is 20.6. The quantitative estimate of drug-likeness (QED) is 0.441. The lowest BCUT2D eigenvalue weighted by molar-refractivity contribution is -0.115. The lowest BCUT2D eigenvalue weighted by atomic mass is 10.1. The van der Waals surface area contributed by atoms with Gasteiger partial charge in [0.15, 0.2) is 11.5 Å². The summed E-state index contributed by atoms with van der Waals surface area (Å²) in [6.07, 6.45) is 1.89. The molecule has 1 heterocycles. The highest BCUT2D eigenvalue weighted by Gasteiger charge is 2.39. The number of nitrogens with zero attached hydrogens (tertiary/aromatic N) is 1. The number of anilines is 2. The van der Waals surface area contributed by atoms with Crippen LogP contribution in [0.25, 0.3) is 6.08 Å². The Bertz CT molecular complexity index is 1230. The number of carbonyl (C=O) groups excluding carboxylic acids is 2. The molecule has 1 saturated heterocycles. The van der Waals surface area contributed by atoms with E-state index in [-0.39, 0.29) is 17.2 Å². The van der Waals surface area contributed by atoms with Gasteiger partial charge in [0.2, 0.25) is 11.7 Å². The lowest BCUT2D eigenvalue weighted by Gasteiger charge is -2.25. The Morgan fingerprint density at radius 3 is 2.11 bits per heavy atom. The maximum absolute atomic E-state index is 13.7. The van der Waals surface area contributed by atoms with Crippen LogP contribution in [-0.2, 0) is 9.59 Å². The summed E-state index contributed by atoms with van der Waals surface area (Å²) < 4.78 is 16.6. The number of nitrogens with one attached hydrogen (secondary N) is 1. The molecule has 1 aliphatic rings. The summed E-state index contributed by atoms with van der Waals surface area (Å²) in [5.41, 5.74) is 3.12. The van der Waals surface area contributed by atoms with E-state index in [2.05, 4.69) is 5.32 Å². The van der Waals surface area contributed by atoms with E-state index in [1.54, 1.807) is 38.4 Å². The van der Waals surface area contributed by atoms with E-state index in [1.165, 1.54) is 18.7 Å². The summed E-state index contributed by atoms with van der Waals surface area (Å²) in [5.74, 6) is 1.23. The molecule has 1 unspecified atom stereocenters. The van der Waals surface area contributed by atoms with Crippen LogP contribution in [0.4, 0.5) is 11.4 Å². The average molecular weight is 491 g/mol. The number of rotatable bonds is 7. The number of benzene rings is 3. The molecule has 4 rings (SSSR count). The highest BCUT2D eigenvalue weighted by molar-refractivity contribution is 8.05. The first kappa shape index (κ1) is 24.2. The van der Waals surface area contributed by atoms with Crippen molar-refractivity contribution in [1.29, 1.82) is 0 Å². The summed E-state index contributed by atoms with van der Waals surface area (Å²) in [5, 5.41) is 2.38. The number of carbonyl (C=O) groups is 2. The lowest BCUT2D eigenvalue weighted by Crippen LogP contribution is -2.27. The van der Waals surface area contributed by atoms with Crippen LogP contribution >= 0.6 is 11.8 Å². The van der Waals surface area contributed by atoms with Gasteiger partial charge in [-0.3, -0.25) is 14.5 Å². The van der Waals surface area contributed by atoms with Crippen LogP contribution < -0.4 is 24.4 Å². The van der Waals surface area contributed by atoms with Crippen molar-refractivity contribution in [1.82, 2.24) is 0 Å². The molecule has 0 saturated carbocycles. The van der Waals surface area contributed by atoms with E-state index in [4.69, 9.17) is 14.2 Å². The van der Waals surface area contributed by atoms with E-state index in [9.17, 15) is 9.59 Å². The molecule has 35 heavy (non-hydrogen) atoms. The predicted octanol–water partition coefficient (Wildman–Crippen LogP) is 5.49. The van der Waals surface area contributed by atoms with Gasteiger partial charge in [-0.15, -0.1) is 0 Å². The smallest absolute Gasteiger partial charge is 0.266 e. The molecule has 7 nitrogen and oxygen atoms in total. The first-order valence-corrected chi connectivity index (χ1v) is 11.8. The molecule has 0 spiro atoms. The van der Waals surface area contributed by atoms with Gasteiger partial charge in [0.1, 0.15) is 5.37 Å². The first-order valence-electron chi connectivity index (χ1n) is 10.9. The molecule has 0 radical (unpaired) electrons. The molecule has 1 fully saturated rings. The molecule has 3 aromatic carbocycles. The van der Waals surface area contributed by atoms with Gasteiger partial charge in [0, 0.05) is 18.3 Å². The monoisotopic (exact) mass is 490 g/mol. The fourth-order valence-corrected chi connectivity index (χ4v) is 5.11. The molecule has 1 atom stereocenters. The number of methoxy groups -OCH3 is 3. The minimum Gasteiger partial charge on any atom is -0.493 e. The SMILES string of the molecule is COc1cc(C2S/C(=C/c3ccccc3)C(=O)N2c2ccc(NC(C)=O)cc2)cc(OC)c1OC. The van der Waals surface area contributed by atoms with Crippen LogP contribution in [0, 0.1) is 0 Å². The van der Waals surface area contributed by atoms with E-state index < -0.39 is 0 Å². The van der Waals surface area contributed by atoms with Gasteiger partial charge in [-0.1, -0.05) is 42.1 Å². The summed E-state index contributed by atoms with van der Waals surface area (Å²) in [7, 11) is 4.68. The largest absolute Gasteiger partial charge is 0.493 e. The highest BCUT2D eigenvalue weighted by Crippen LogP contribution is 2.51. The fourth-order valence-electron chi connectivity index (χ4n) is 3.87. The number of hydrogen-bond donors (Lipinski definition) is 1. The number of amides is 2. The standard InChI is InChI=1S/C27H26N2O5S/c1-17(30)28-20-10-12-21(13-11-20)29-26(31)24(14-18-8-6-5-7-9-18)35-27(29)19-15-22(32-2)25(34-4)23(16-19)33-3/h5-16,27H,1-4H3,(H,28,30)/b24-14+. The number of ether oxygens (including phenoxy) is 3. The van der Waals surface area contributed by atoms with Gasteiger partial charge >= 0.3 is 0 Å². The molecule has 0 aliphatic carbocycles. The van der Waals surface area contributed by atoms with Crippen molar-refractivity contribution in [2.45, 2.75) is 12.3 Å². The Labute approximate surface area is 208 Å². The minimum atomic E-state index is -0.377. The van der Waals surface area contributed by atoms with Crippen LogP contribution in [0.1, 0.15) is 23.4 Å². The Morgan fingerprint density at radius 2 is 1.57 bits per heavy atom. The molecule has 180 valence electrons. The van der Waals surface area contributed by atoms with Gasteiger partial charge in [0.25, 0.3) is 5.91 Å². The van der Waals surface area contributed by atoms with Gasteiger partial charge in [-0.05, 0) is 53.6 Å². The van der Waals surface area contributed by atoms with E-state index in [1.807, 2.05) is 60.7 Å². The molecule has 0 aromatic heterocycles. The summed E-state index contributed by atoms with van der Waals surface area (Å²) >= 11 is 1.45. The van der Waals surface area contributed by atoms with Crippen LogP contribution in [0.3, 0.4) is 0 Å². The molecule has 2 amide bonds. The maximum Gasteiger partial charge on any atom is 0.266 e. The number of hydrogen-bond acceptors (Lipinski definition) is 6. The van der Waals surface area contributed by atoms with Crippen molar-refractivity contribution >= 4 is 41.0 Å². The zero-order chi connectivity index (χ0) is 24.9. The van der Waals surface area contributed by atoms with E-state index in [0.717, 1.165) is 11.1 Å². The van der Waals surface area contributed by atoms with Gasteiger partial charge in [0.05, 0.1) is 26.2 Å². The second-order valence-corrected chi connectivity index (χ2v) is 8.87. The van der Waals surface area contributed by atoms with Crippen molar-refractivity contribution in [3.63, 3.8) is 0 Å². The summed E-state index contributed by atoms with van der Waals surface area (Å²) in [4.78, 5) is 27.4. The Kier molecular flexibility index (Phi) is 7.31. The third-order valence-electron chi connectivity index (χ3n) is 5.44. The zero-order valence-corrected chi connectivity index (χ0v) is 20.7. The van der Waals surface area contributed by atoms with Crippen molar-refractivity contribution in [3.05, 3.63) is 82.8 Å². The van der Waals surface area contributed by atoms with Crippen LogP contribution in [0.5, 0.6) is 17.2 Å². The third kappa shape index (κ3) is 5.12.